The maximum atomic E-state index is 11.6. The lowest BCUT2D eigenvalue weighted by Gasteiger charge is -2.05. The van der Waals surface area contributed by atoms with Crippen LogP contribution in [0, 0.1) is 0 Å². The molecule has 4 nitrogen and oxygen atoms in total. The predicted octanol–water partition coefficient (Wildman–Crippen LogP) is 2.59. The van der Waals surface area contributed by atoms with E-state index in [1.165, 1.54) is 6.07 Å². The second kappa shape index (κ2) is 6.50. The monoisotopic (exact) mass is 277 g/mol. The highest BCUT2D eigenvalue weighted by molar-refractivity contribution is 6.30. The average molecular weight is 278 g/mol. The third-order valence-corrected chi connectivity index (χ3v) is 2.86. The Morgan fingerprint density at radius 1 is 1.37 bits per heavy atom. The number of nitrogens with zero attached hydrogens (tertiary/aromatic N) is 1. The Bertz CT molecular complexity index is 610. The Hall–Kier alpha value is -1.65. The summed E-state index contributed by atoms with van der Waals surface area (Å²) < 4.78 is 0. The molecule has 0 aliphatic rings. The molecular weight excluding hydrogens is 262 g/mol. The lowest BCUT2D eigenvalue weighted by Crippen LogP contribution is -2.18. The van der Waals surface area contributed by atoms with E-state index in [0.29, 0.717) is 17.4 Å². The largest absolute Gasteiger partial charge is 0.311 e. The van der Waals surface area contributed by atoms with E-state index in [1.54, 1.807) is 12.1 Å². The van der Waals surface area contributed by atoms with Crippen molar-refractivity contribution in [3.63, 3.8) is 0 Å². The summed E-state index contributed by atoms with van der Waals surface area (Å²) in [7, 11) is 0. The van der Waals surface area contributed by atoms with Gasteiger partial charge in [-0.1, -0.05) is 30.7 Å². The normalized spacial score (nSPS) is 10.6. The second-order valence-corrected chi connectivity index (χ2v) is 4.71. The summed E-state index contributed by atoms with van der Waals surface area (Å²) in [6.45, 7) is 3.59. The summed E-state index contributed by atoms with van der Waals surface area (Å²) in [6, 6.07) is 8.78. The van der Waals surface area contributed by atoms with Gasteiger partial charge in [-0.05, 0) is 25.1 Å². The molecule has 0 amide bonds. The summed E-state index contributed by atoms with van der Waals surface area (Å²) in [5.41, 5.74) is 1.38. The van der Waals surface area contributed by atoms with Crippen molar-refractivity contribution < 1.29 is 0 Å². The van der Waals surface area contributed by atoms with Crippen LogP contribution >= 0.6 is 11.6 Å². The van der Waals surface area contributed by atoms with Crippen LogP contribution in [-0.2, 0) is 6.54 Å². The van der Waals surface area contributed by atoms with Crippen LogP contribution in [0.15, 0.2) is 35.1 Å². The van der Waals surface area contributed by atoms with Gasteiger partial charge >= 0.3 is 0 Å². The summed E-state index contributed by atoms with van der Waals surface area (Å²) in [6.07, 6.45) is 1.05. The van der Waals surface area contributed by atoms with Gasteiger partial charge in [0.25, 0.3) is 5.56 Å². The molecule has 2 rings (SSSR count). The van der Waals surface area contributed by atoms with Gasteiger partial charge in [0.15, 0.2) is 0 Å². The Morgan fingerprint density at radius 3 is 2.95 bits per heavy atom. The molecule has 5 heteroatoms. The van der Waals surface area contributed by atoms with Crippen LogP contribution in [0.3, 0.4) is 0 Å². The van der Waals surface area contributed by atoms with Crippen molar-refractivity contribution in [3.05, 3.63) is 51.4 Å². The van der Waals surface area contributed by atoms with Crippen molar-refractivity contribution in [2.24, 2.45) is 0 Å². The van der Waals surface area contributed by atoms with Gasteiger partial charge in [0.05, 0.1) is 5.69 Å². The molecule has 1 heterocycles. The summed E-state index contributed by atoms with van der Waals surface area (Å²) >= 11 is 5.94. The minimum absolute atomic E-state index is 0.154. The Labute approximate surface area is 116 Å². The number of aromatic amines is 1. The van der Waals surface area contributed by atoms with Gasteiger partial charge in [-0.3, -0.25) is 4.79 Å². The number of H-pyrrole nitrogens is 1. The minimum atomic E-state index is -0.154. The van der Waals surface area contributed by atoms with Crippen LogP contribution in [0.4, 0.5) is 0 Å². The molecule has 0 bridgehead atoms. The highest BCUT2D eigenvalue weighted by Crippen LogP contribution is 2.18. The number of nitrogens with one attached hydrogen (secondary N) is 2. The minimum Gasteiger partial charge on any atom is -0.311 e. The highest BCUT2D eigenvalue weighted by atomic mass is 35.5. The highest BCUT2D eigenvalue weighted by Gasteiger charge is 2.04. The van der Waals surface area contributed by atoms with E-state index < -0.39 is 0 Å². The number of hydrogen-bond acceptors (Lipinski definition) is 3. The van der Waals surface area contributed by atoms with E-state index in [1.807, 2.05) is 12.1 Å². The standard InChI is InChI=1S/C14H16ClN3O/c1-2-6-16-9-12-8-13(19)18-14(17-12)10-4-3-5-11(15)7-10/h3-5,7-8,16H,2,6,9H2,1H3,(H,17,18,19). The van der Waals surface area contributed by atoms with E-state index in [4.69, 9.17) is 11.6 Å². The van der Waals surface area contributed by atoms with E-state index in [2.05, 4.69) is 22.2 Å². The Morgan fingerprint density at radius 2 is 2.21 bits per heavy atom. The molecule has 100 valence electrons. The molecule has 2 aromatic rings. The average Bonchev–Trinajstić information content (AvgIpc) is 2.38. The van der Waals surface area contributed by atoms with Crippen LogP contribution in [-0.4, -0.2) is 16.5 Å². The number of halogens is 1. The van der Waals surface area contributed by atoms with Crippen molar-refractivity contribution in [2.45, 2.75) is 19.9 Å². The molecule has 0 atom stereocenters. The van der Waals surface area contributed by atoms with E-state index in [9.17, 15) is 4.79 Å². The summed E-state index contributed by atoms with van der Waals surface area (Å²) in [5.74, 6) is 0.545. The van der Waals surface area contributed by atoms with Gasteiger partial charge in [-0.15, -0.1) is 0 Å². The van der Waals surface area contributed by atoms with Crippen molar-refractivity contribution in [1.82, 2.24) is 15.3 Å². The van der Waals surface area contributed by atoms with Gasteiger partial charge in [-0.2, -0.15) is 0 Å². The van der Waals surface area contributed by atoms with Crippen LogP contribution < -0.4 is 10.9 Å². The molecule has 19 heavy (non-hydrogen) atoms. The molecular formula is C14H16ClN3O. The first-order chi connectivity index (χ1) is 9.19. The van der Waals surface area contributed by atoms with Crippen molar-refractivity contribution in [1.29, 1.82) is 0 Å². The molecule has 0 unspecified atom stereocenters. The lowest BCUT2D eigenvalue weighted by atomic mass is 10.2. The van der Waals surface area contributed by atoms with Gasteiger partial charge in [0.1, 0.15) is 5.82 Å². The lowest BCUT2D eigenvalue weighted by molar-refractivity contribution is 0.662. The number of benzene rings is 1. The molecule has 0 saturated carbocycles. The van der Waals surface area contributed by atoms with Crippen LogP contribution in [0.5, 0.6) is 0 Å². The SMILES string of the molecule is CCCNCc1cc(=O)[nH]c(-c2cccc(Cl)c2)n1. The third-order valence-electron chi connectivity index (χ3n) is 2.63. The topological polar surface area (TPSA) is 57.8 Å². The van der Waals surface area contributed by atoms with E-state index >= 15 is 0 Å². The molecule has 2 N–H and O–H groups in total. The zero-order chi connectivity index (χ0) is 13.7. The molecule has 0 radical (unpaired) electrons. The second-order valence-electron chi connectivity index (χ2n) is 4.27. The first kappa shape index (κ1) is 13.8. The molecule has 1 aromatic heterocycles. The van der Waals surface area contributed by atoms with E-state index in [-0.39, 0.29) is 5.56 Å². The quantitative estimate of drug-likeness (QED) is 0.826. The number of hydrogen-bond donors (Lipinski definition) is 2. The zero-order valence-corrected chi connectivity index (χ0v) is 11.5. The fourth-order valence-electron chi connectivity index (χ4n) is 1.76. The van der Waals surface area contributed by atoms with Crippen LogP contribution in [0.25, 0.3) is 11.4 Å². The maximum absolute atomic E-state index is 11.6. The molecule has 0 fully saturated rings. The molecule has 0 saturated heterocycles. The first-order valence-corrected chi connectivity index (χ1v) is 6.63. The fraction of sp³-hybridized carbons (Fsp3) is 0.286. The fourth-order valence-corrected chi connectivity index (χ4v) is 1.95. The van der Waals surface area contributed by atoms with Crippen molar-refractivity contribution in [3.8, 4) is 11.4 Å². The van der Waals surface area contributed by atoms with Gasteiger partial charge in [0.2, 0.25) is 0 Å². The third kappa shape index (κ3) is 3.91. The summed E-state index contributed by atoms with van der Waals surface area (Å²) in [4.78, 5) is 18.8. The Kier molecular flexibility index (Phi) is 4.71. The van der Waals surface area contributed by atoms with Gasteiger partial charge in [-0.25, -0.2) is 4.98 Å². The predicted molar refractivity (Wildman–Crippen MR) is 77.3 cm³/mol. The van der Waals surface area contributed by atoms with Crippen molar-refractivity contribution in [2.75, 3.05) is 6.54 Å². The smallest absolute Gasteiger partial charge is 0.251 e. The summed E-state index contributed by atoms with van der Waals surface area (Å²) in [5, 5.41) is 3.85. The van der Waals surface area contributed by atoms with Gasteiger partial charge < -0.3 is 10.3 Å². The first-order valence-electron chi connectivity index (χ1n) is 6.26. The van der Waals surface area contributed by atoms with Crippen LogP contribution in [0.2, 0.25) is 5.02 Å². The van der Waals surface area contributed by atoms with E-state index in [0.717, 1.165) is 24.2 Å². The molecule has 0 aliphatic carbocycles. The van der Waals surface area contributed by atoms with Crippen LogP contribution in [0.1, 0.15) is 19.0 Å². The molecule has 0 spiro atoms. The maximum Gasteiger partial charge on any atom is 0.251 e. The Balaban J connectivity index is 2.28. The number of aromatic nitrogens is 2. The van der Waals surface area contributed by atoms with Gasteiger partial charge in [0, 0.05) is 23.2 Å². The zero-order valence-electron chi connectivity index (χ0n) is 10.7. The molecule has 0 aliphatic heterocycles. The molecule has 1 aromatic carbocycles. The number of rotatable bonds is 5. The van der Waals surface area contributed by atoms with Crippen molar-refractivity contribution >= 4 is 11.6 Å².